The summed E-state index contributed by atoms with van der Waals surface area (Å²) >= 11 is 5.76. The van der Waals surface area contributed by atoms with Crippen molar-refractivity contribution in [2.75, 3.05) is 6.54 Å². The number of hydrogen-bond acceptors (Lipinski definition) is 1. The summed E-state index contributed by atoms with van der Waals surface area (Å²) in [7, 11) is 0. The zero-order chi connectivity index (χ0) is 11.3. The summed E-state index contributed by atoms with van der Waals surface area (Å²) in [6, 6.07) is 9.71. The number of carbonyl (C=O) groups excluding carboxylic acids is 1. The molecule has 3 heteroatoms. The maximum atomic E-state index is 11.7. The third-order valence-corrected chi connectivity index (χ3v) is 2.40. The normalized spacial score (nSPS) is 14.3. The third-order valence-electron chi connectivity index (χ3n) is 2.25. The van der Waals surface area contributed by atoms with Crippen molar-refractivity contribution in [3.8, 4) is 0 Å². The lowest BCUT2D eigenvalue weighted by Crippen LogP contribution is -2.32. The SMILES string of the molecule is CC(Cl)CNC(=O)C(C)c1ccccc1. The van der Waals surface area contributed by atoms with Gasteiger partial charge >= 0.3 is 0 Å². The Bertz CT molecular complexity index is 311. The largest absolute Gasteiger partial charge is 0.354 e. The molecule has 15 heavy (non-hydrogen) atoms. The van der Waals surface area contributed by atoms with Crippen LogP contribution in [0.25, 0.3) is 0 Å². The van der Waals surface area contributed by atoms with Crippen LogP contribution in [0.2, 0.25) is 0 Å². The van der Waals surface area contributed by atoms with Crippen molar-refractivity contribution in [2.24, 2.45) is 0 Å². The molecule has 82 valence electrons. The number of halogens is 1. The van der Waals surface area contributed by atoms with Gasteiger partial charge in [0, 0.05) is 11.9 Å². The minimum absolute atomic E-state index is 0.0219. The fraction of sp³-hybridized carbons (Fsp3) is 0.417. The molecule has 1 N–H and O–H groups in total. The van der Waals surface area contributed by atoms with E-state index in [0.29, 0.717) is 6.54 Å². The standard InChI is InChI=1S/C12H16ClNO/c1-9(13)8-14-12(15)10(2)11-6-4-3-5-7-11/h3-7,9-10H,8H2,1-2H3,(H,14,15). The molecule has 0 aliphatic carbocycles. The molecular formula is C12H16ClNO. The average Bonchev–Trinajstić information content (AvgIpc) is 2.26. The van der Waals surface area contributed by atoms with Crippen LogP contribution in [0.15, 0.2) is 30.3 Å². The van der Waals surface area contributed by atoms with E-state index in [4.69, 9.17) is 11.6 Å². The summed E-state index contributed by atoms with van der Waals surface area (Å²) < 4.78 is 0. The van der Waals surface area contributed by atoms with Crippen LogP contribution in [0.4, 0.5) is 0 Å². The van der Waals surface area contributed by atoms with Gasteiger partial charge in [-0.2, -0.15) is 0 Å². The molecule has 0 spiro atoms. The number of benzene rings is 1. The third kappa shape index (κ3) is 3.92. The summed E-state index contributed by atoms with van der Waals surface area (Å²) in [5.74, 6) is -0.102. The van der Waals surface area contributed by atoms with E-state index in [1.165, 1.54) is 0 Å². The van der Waals surface area contributed by atoms with E-state index in [-0.39, 0.29) is 17.2 Å². The summed E-state index contributed by atoms with van der Waals surface area (Å²) in [5, 5.41) is 2.78. The highest BCUT2D eigenvalue weighted by Crippen LogP contribution is 2.14. The Kier molecular flexibility index (Phi) is 4.63. The molecule has 0 saturated carbocycles. The second kappa shape index (κ2) is 5.76. The van der Waals surface area contributed by atoms with E-state index in [1.54, 1.807) is 0 Å². The lowest BCUT2D eigenvalue weighted by molar-refractivity contribution is -0.122. The molecule has 0 radical (unpaired) electrons. The van der Waals surface area contributed by atoms with Crippen LogP contribution in [-0.2, 0) is 4.79 Å². The highest BCUT2D eigenvalue weighted by atomic mass is 35.5. The maximum Gasteiger partial charge on any atom is 0.227 e. The van der Waals surface area contributed by atoms with E-state index < -0.39 is 0 Å². The van der Waals surface area contributed by atoms with Crippen LogP contribution >= 0.6 is 11.6 Å². The monoisotopic (exact) mass is 225 g/mol. The first-order valence-electron chi connectivity index (χ1n) is 5.08. The van der Waals surface area contributed by atoms with Crippen LogP contribution in [0.3, 0.4) is 0 Å². The van der Waals surface area contributed by atoms with Crippen molar-refractivity contribution in [1.29, 1.82) is 0 Å². The van der Waals surface area contributed by atoms with Crippen molar-refractivity contribution in [2.45, 2.75) is 25.1 Å². The molecule has 2 nitrogen and oxygen atoms in total. The van der Waals surface area contributed by atoms with Crippen LogP contribution in [-0.4, -0.2) is 17.8 Å². The van der Waals surface area contributed by atoms with Crippen LogP contribution in [0, 0.1) is 0 Å². The second-order valence-electron chi connectivity index (χ2n) is 3.66. The second-order valence-corrected chi connectivity index (χ2v) is 4.40. The Balaban J connectivity index is 2.54. The predicted octanol–water partition coefficient (Wildman–Crippen LogP) is 2.53. The first-order valence-corrected chi connectivity index (χ1v) is 5.51. The maximum absolute atomic E-state index is 11.7. The Morgan fingerprint density at radius 3 is 2.47 bits per heavy atom. The fourth-order valence-electron chi connectivity index (χ4n) is 1.29. The van der Waals surface area contributed by atoms with Crippen LogP contribution < -0.4 is 5.32 Å². The molecule has 1 aromatic rings. The lowest BCUT2D eigenvalue weighted by atomic mass is 10.0. The Morgan fingerprint density at radius 2 is 1.93 bits per heavy atom. The minimum atomic E-state index is -0.124. The van der Waals surface area contributed by atoms with Crippen molar-refractivity contribution in [3.63, 3.8) is 0 Å². The number of rotatable bonds is 4. The van der Waals surface area contributed by atoms with Gasteiger partial charge in [0.05, 0.1) is 5.92 Å². The van der Waals surface area contributed by atoms with E-state index in [0.717, 1.165) is 5.56 Å². The van der Waals surface area contributed by atoms with Gasteiger partial charge in [0.15, 0.2) is 0 Å². The average molecular weight is 226 g/mol. The van der Waals surface area contributed by atoms with Crippen LogP contribution in [0.5, 0.6) is 0 Å². The number of hydrogen-bond donors (Lipinski definition) is 1. The molecule has 1 amide bonds. The molecule has 1 aromatic carbocycles. The molecule has 0 fully saturated rings. The molecule has 0 aromatic heterocycles. The molecule has 1 rings (SSSR count). The molecule has 2 unspecified atom stereocenters. The van der Waals surface area contributed by atoms with Crippen molar-refractivity contribution in [3.05, 3.63) is 35.9 Å². The topological polar surface area (TPSA) is 29.1 Å². The summed E-state index contributed by atoms with van der Waals surface area (Å²) in [5.41, 5.74) is 1.03. The first kappa shape index (κ1) is 12.1. The van der Waals surface area contributed by atoms with Gasteiger partial charge in [0.1, 0.15) is 0 Å². The van der Waals surface area contributed by atoms with Gasteiger partial charge in [-0.3, -0.25) is 4.79 Å². The molecular weight excluding hydrogens is 210 g/mol. The van der Waals surface area contributed by atoms with Crippen molar-refractivity contribution >= 4 is 17.5 Å². The molecule has 0 heterocycles. The van der Waals surface area contributed by atoms with Gasteiger partial charge in [-0.05, 0) is 19.4 Å². The molecule has 0 aliphatic heterocycles. The van der Waals surface area contributed by atoms with E-state index in [9.17, 15) is 4.79 Å². The zero-order valence-corrected chi connectivity index (χ0v) is 9.79. The smallest absolute Gasteiger partial charge is 0.227 e. The fourth-order valence-corrected chi connectivity index (χ4v) is 1.36. The van der Waals surface area contributed by atoms with Crippen molar-refractivity contribution in [1.82, 2.24) is 5.32 Å². The number of amides is 1. The van der Waals surface area contributed by atoms with Gasteiger partial charge in [-0.15, -0.1) is 11.6 Å². The minimum Gasteiger partial charge on any atom is -0.354 e. The zero-order valence-electron chi connectivity index (χ0n) is 9.03. The van der Waals surface area contributed by atoms with E-state index >= 15 is 0 Å². The summed E-state index contributed by atoms with van der Waals surface area (Å²) in [6.07, 6.45) is 0. The van der Waals surface area contributed by atoms with Crippen LogP contribution in [0.1, 0.15) is 25.3 Å². The Morgan fingerprint density at radius 1 is 1.33 bits per heavy atom. The number of alkyl halides is 1. The molecule has 0 saturated heterocycles. The Hall–Kier alpha value is -1.02. The molecule has 2 atom stereocenters. The lowest BCUT2D eigenvalue weighted by Gasteiger charge is -2.13. The van der Waals surface area contributed by atoms with Gasteiger partial charge in [0.2, 0.25) is 5.91 Å². The highest BCUT2D eigenvalue weighted by molar-refractivity contribution is 6.20. The number of nitrogens with one attached hydrogen (secondary N) is 1. The molecule has 0 bridgehead atoms. The van der Waals surface area contributed by atoms with Gasteiger partial charge < -0.3 is 5.32 Å². The number of carbonyl (C=O) groups is 1. The van der Waals surface area contributed by atoms with Gasteiger partial charge in [-0.1, -0.05) is 30.3 Å². The quantitative estimate of drug-likeness (QED) is 0.784. The summed E-state index contributed by atoms with van der Waals surface area (Å²) in [4.78, 5) is 11.7. The van der Waals surface area contributed by atoms with Gasteiger partial charge in [0.25, 0.3) is 0 Å². The Labute approximate surface area is 95.6 Å². The van der Waals surface area contributed by atoms with Crippen molar-refractivity contribution < 1.29 is 4.79 Å². The van der Waals surface area contributed by atoms with E-state index in [2.05, 4.69) is 5.32 Å². The highest BCUT2D eigenvalue weighted by Gasteiger charge is 2.14. The first-order chi connectivity index (χ1) is 7.11. The van der Waals surface area contributed by atoms with Gasteiger partial charge in [-0.25, -0.2) is 0 Å². The predicted molar refractivity (Wildman–Crippen MR) is 63.2 cm³/mol. The van der Waals surface area contributed by atoms with E-state index in [1.807, 2.05) is 44.2 Å². The molecule has 0 aliphatic rings. The summed E-state index contributed by atoms with van der Waals surface area (Å²) in [6.45, 7) is 4.26.